The third-order valence-corrected chi connectivity index (χ3v) is 8.63. The van der Waals surface area contributed by atoms with E-state index in [1.807, 2.05) is 0 Å². The van der Waals surface area contributed by atoms with E-state index in [2.05, 4.69) is 15.9 Å². The lowest BCUT2D eigenvalue weighted by molar-refractivity contribution is 0.0598. The van der Waals surface area contributed by atoms with Gasteiger partial charge in [0, 0.05) is 17.0 Å². The number of amides is 1. The van der Waals surface area contributed by atoms with Gasteiger partial charge in [-0.05, 0) is 88.3 Å². The summed E-state index contributed by atoms with van der Waals surface area (Å²) in [7, 11) is -2.79. The van der Waals surface area contributed by atoms with Gasteiger partial charge in [-0.1, -0.05) is 0 Å². The third kappa shape index (κ3) is 5.20. The molecule has 0 atom stereocenters. The number of esters is 1. The SMILES string of the molecule is COC(=O)c1cc(CN(c2cc3oc(-c4ccc(F)cc4)c(C(N)=O)c3cc2C2CC2)S(C)(=O)=O)cc(F)c1Br. The van der Waals surface area contributed by atoms with Crippen molar-refractivity contribution in [3.8, 4) is 11.3 Å². The van der Waals surface area contributed by atoms with Crippen LogP contribution in [0.3, 0.4) is 0 Å². The van der Waals surface area contributed by atoms with Gasteiger partial charge in [0.2, 0.25) is 10.0 Å². The summed E-state index contributed by atoms with van der Waals surface area (Å²) in [5.74, 6) is -2.63. The van der Waals surface area contributed by atoms with Crippen molar-refractivity contribution in [2.75, 3.05) is 17.7 Å². The number of carbonyl (C=O) groups is 2. The number of methoxy groups -OCH3 is 1. The Morgan fingerprint density at radius 3 is 2.38 bits per heavy atom. The number of nitrogens with zero attached hydrogens (tertiary/aromatic N) is 1. The highest BCUT2D eigenvalue weighted by Crippen LogP contribution is 2.48. The molecule has 1 fully saturated rings. The Balaban J connectivity index is 1.70. The maximum Gasteiger partial charge on any atom is 0.339 e. The zero-order chi connectivity index (χ0) is 28.9. The number of hydrogen-bond acceptors (Lipinski definition) is 6. The molecule has 0 radical (unpaired) electrons. The summed E-state index contributed by atoms with van der Waals surface area (Å²) >= 11 is 3.04. The van der Waals surface area contributed by atoms with E-state index in [-0.39, 0.29) is 50.7 Å². The summed E-state index contributed by atoms with van der Waals surface area (Å²) < 4.78 is 66.3. The van der Waals surface area contributed by atoms with E-state index in [1.54, 1.807) is 6.07 Å². The van der Waals surface area contributed by atoms with Crippen LogP contribution in [0.15, 0.2) is 57.4 Å². The lowest BCUT2D eigenvalue weighted by Gasteiger charge is -2.25. The Morgan fingerprint density at radius 1 is 1.12 bits per heavy atom. The third-order valence-electron chi connectivity index (χ3n) is 6.70. The summed E-state index contributed by atoms with van der Waals surface area (Å²) in [4.78, 5) is 24.7. The Hall–Kier alpha value is -3.77. The smallest absolute Gasteiger partial charge is 0.339 e. The van der Waals surface area contributed by atoms with Crippen molar-refractivity contribution >= 4 is 54.5 Å². The Kier molecular flexibility index (Phi) is 7.17. The molecule has 1 heterocycles. The number of nitrogens with two attached hydrogens (primary N) is 1. The maximum absolute atomic E-state index is 14.7. The van der Waals surface area contributed by atoms with Crippen LogP contribution in [0.1, 0.15) is 50.6 Å². The number of hydrogen-bond donors (Lipinski definition) is 1. The van der Waals surface area contributed by atoms with Crippen molar-refractivity contribution in [3.05, 3.63) is 86.9 Å². The van der Waals surface area contributed by atoms with Gasteiger partial charge in [-0.3, -0.25) is 9.10 Å². The molecule has 2 N–H and O–H groups in total. The Bertz CT molecular complexity index is 1780. The summed E-state index contributed by atoms with van der Waals surface area (Å²) in [6, 6.07) is 11.0. The standard InChI is InChI=1S/C28H23BrF2N2O6S/c1-38-28(35)20-9-14(10-21(31)25(20)29)13-33(40(2,36)37)22-12-23-19(11-18(22)15-3-4-15)24(27(32)34)26(39-23)16-5-7-17(30)8-6-16/h5-12,15H,3-4,13H2,1-2H3,(H2,32,34). The minimum Gasteiger partial charge on any atom is -0.465 e. The first kappa shape index (κ1) is 27.8. The average molecular weight is 633 g/mol. The molecular formula is C28H23BrF2N2O6S. The quantitative estimate of drug-likeness (QED) is 0.243. The molecule has 40 heavy (non-hydrogen) atoms. The van der Waals surface area contributed by atoms with E-state index in [4.69, 9.17) is 14.9 Å². The predicted octanol–water partition coefficient (Wildman–Crippen LogP) is 5.87. The van der Waals surface area contributed by atoms with E-state index < -0.39 is 33.5 Å². The fraction of sp³-hybridized carbons (Fsp3) is 0.214. The van der Waals surface area contributed by atoms with Crippen LogP contribution in [-0.4, -0.2) is 33.7 Å². The van der Waals surface area contributed by atoms with Gasteiger partial charge in [-0.25, -0.2) is 22.0 Å². The monoisotopic (exact) mass is 632 g/mol. The van der Waals surface area contributed by atoms with Crippen molar-refractivity contribution in [2.45, 2.75) is 25.3 Å². The van der Waals surface area contributed by atoms with E-state index in [1.165, 1.54) is 36.4 Å². The second-order valence-electron chi connectivity index (χ2n) is 9.56. The number of rotatable bonds is 8. The first-order chi connectivity index (χ1) is 18.9. The molecule has 0 unspecified atom stereocenters. The fourth-order valence-electron chi connectivity index (χ4n) is 4.68. The van der Waals surface area contributed by atoms with Gasteiger partial charge < -0.3 is 14.9 Å². The molecule has 1 aliphatic rings. The van der Waals surface area contributed by atoms with Gasteiger partial charge in [-0.15, -0.1) is 0 Å². The molecule has 0 aliphatic heterocycles. The van der Waals surface area contributed by atoms with Gasteiger partial charge in [0.05, 0.1) is 41.2 Å². The molecule has 0 bridgehead atoms. The van der Waals surface area contributed by atoms with Crippen LogP contribution in [-0.2, 0) is 21.3 Å². The minimum absolute atomic E-state index is 0.0147. The van der Waals surface area contributed by atoms with Gasteiger partial charge in [0.25, 0.3) is 5.91 Å². The highest BCUT2D eigenvalue weighted by atomic mass is 79.9. The number of sulfonamides is 1. The van der Waals surface area contributed by atoms with Crippen LogP contribution in [0.5, 0.6) is 0 Å². The zero-order valence-corrected chi connectivity index (χ0v) is 23.7. The molecule has 1 saturated carbocycles. The molecule has 4 aromatic rings. The van der Waals surface area contributed by atoms with Crippen LogP contribution in [0.25, 0.3) is 22.3 Å². The number of fused-ring (bicyclic) bond motifs is 1. The van der Waals surface area contributed by atoms with Crippen molar-refractivity contribution in [2.24, 2.45) is 5.73 Å². The maximum atomic E-state index is 14.7. The molecule has 208 valence electrons. The average Bonchev–Trinajstić information content (AvgIpc) is 3.67. The molecular weight excluding hydrogens is 610 g/mol. The predicted molar refractivity (Wildman–Crippen MR) is 149 cm³/mol. The molecule has 1 aliphatic carbocycles. The van der Waals surface area contributed by atoms with Crippen LogP contribution < -0.4 is 10.0 Å². The highest BCUT2D eigenvalue weighted by molar-refractivity contribution is 9.10. The molecule has 1 amide bonds. The van der Waals surface area contributed by atoms with Crippen LogP contribution in [0.4, 0.5) is 14.5 Å². The molecule has 5 rings (SSSR count). The molecule has 0 spiro atoms. The summed E-state index contributed by atoms with van der Waals surface area (Å²) in [5, 5.41) is 0.397. The van der Waals surface area contributed by atoms with Crippen LogP contribution in [0, 0.1) is 11.6 Å². The molecule has 12 heteroatoms. The van der Waals surface area contributed by atoms with Crippen molar-refractivity contribution in [1.82, 2.24) is 0 Å². The summed E-state index contributed by atoms with van der Waals surface area (Å²) in [5.41, 5.74) is 7.48. The van der Waals surface area contributed by atoms with Gasteiger partial charge in [-0.2, -0.15) is 0 Å². The van der Waals surface area contributed by atoms with Gasteiger partial charge in [0.1, 0.15) is 23.0 Å². The number of ether oxygens (including phenoxy) is 1. The zero-order valence-electron chi connectivity index (χ0n) is 21.3. The van der Waals surface area contributed by atoms with Crippen molar-refractivity contribution < 1.29 is 35.9 Å². The van der Waals surface area contributed by atoms with Crippen LogP contribution >= 0.6 is 15.9 Å². The number of anilines is 1. The van der Waals surface area contributed by atoms with Crippen molar-refractivity contribution in [1.29, 1.82) is 0 Å². The normalized spacial score (nSPS) is 13.4. The largest absolute Gasteiger partial charge is 0.465 e. The number of benzene rings is 3. The van der Waals surface area contributed by atoms with Crippen LogP contribution in [0.2, 0.25) is 0 Å². The number of primary amides is 1. The Labute approximate surface area is 236 Å². The van der Waals surface area contributed by atoms with E-state index >= 15 is 0 Å². The van der Waals surface area contributed by atoms with Crippen molar-refractivity contribution in [3.63, 3.8) is 0 Å². The fourth-order valence-corrected chi connectivity index (χ4v) is 5.97. The first-order valence-corrected chi connectivity index (χ1v) is 14.7. The minimum atomic E-state index is -3.94. The van der Waals surface area contributed by atoms with Gasteiger partial charge in [0.15, 0.2) is 0 Å². The summed E-state index contributed by atoms with van der Waals surface area (Å²) in [6.07, 6.45) is 2.61. The molecule has 3 aromatic carbocycles. The van der Waals surface area contributed by atoms with E-state index in [0.717, 1.165) is 36.6 Å². The second-order valence-corrected chi connectivity index (χ2v) is 12.3. The highest BCUT2D eigenvalue weighted by Gasteiger charge is 2.33. The van der Waals surface area contributed by atoms with E-state index in [0.29, 0.717) is 16.5 Å². The first-order valence-electron chi connectivity index (χ1n) is 12.1. The lowest BCUT2D eigenvalue weighted by Crippen LogP contribution is -2.30. The van der Waals surface area contributed by atoms with E-state index in [9.17, 15) is 26.8 Å². The number of carbonyl (C=O) groups excluding carboxylic acids is 2. The molecule has 8 nitrogen and oxygen atoms in total. The number of halogens is 3. The molecule has 1 aromatic heterocycles. The number of furan rings is 1. The lowest BCUT2D eigenvalue weighted by atomic mass is 10.0. The second kappa shape index (κ2) is 10.3. The van der Waals surface area contributed by atoms with Gasteiger partial charge >= 0.3 is 5.97 Å². The molecule has 0 saturated heterocycles. The Morgan fingerprint density at radius 2 is 1.80 bits per heavy atom. The summed E-state index contributed by atoms with van der Waals surface area (Å²) in [6.45, 7) is -0.299. The topological polar surface area (TPSA) is 120 Å².